The number of anilines is 1. The Hall–Kier alpha value is -1.64. The van der Waals surface area contributed by atoms with Crippen molar-refractivity contribution in [2.45, 2.75) is 72.6 Å². The van der Waals surface area contributed by atoms with Crippen LogP contribution in [0.15, 0.2) is 36.5 Å². The van der Waals surface area contributed by atoms with Crippen LogP contribution >= 0.6 is 0 Å². The van der Waals surface area contributed by atoms with Crippen molar-refractivity contribution in [2.75, 3.05) is 58.7 Å². The van der Waals surface area contributed by atoms with Crippen molar-refractivity contribution in [3.8, 4) is 5.88 Å². The predicted octanol–water partition coefficient (Wildman–Crippen LogP) is 7.76. The van der Waals surface area contributed by atoms with Crippen molar-refractivity contribution < 1.29 is 18.6 Å². The number of aromatic nitrogens is 1. The molecule has 2 aromatic rings. The van der Waals surface area contributed by atoms with Gasteiger partial charge in [-0.3, -0.25) is 0 Å². The van der Waals surface area contributed by atoms with E-state index in [2.05, 4.69) is 82.3 Å². The van der Waals surface area contributed by atoms with Crippen molar-refractivity contribution in [3.63, 3.8) is 0 Å². The van der Waals surface area contributed by atoms with E-state index < -0.39 is 25.1 Å². The minimum absolute atomic E-state index is 0.123. The third-order valence-corrected chi connectivity index (χ3v) is 22.9. The van der Waals surface area contributed by atoms with E-state index in [1.807, 2.05) is 6.20 Å². The van der Waals surface area contributed by atoms with Gasteiger partial charge in [0, 0.05) is 0 Å². The fourth-order valence-electron chi connectivity index (χ4n) is 5.03. The fourth-order valence-corrected chi connectivity index (χ4v) is 21.3. The SMILES string of the molecule is CCC[CH2][Sn]([CH2]CCC)([CH2]CCC)[c]1cc(/C=C/c2ccc(N(C)C)cc2)cnc1OCCOCCOCCF. The van der Waals surface area contributed by atoms with Gasteiger partial charge in [0.1, 0.15) is 0 Å². The van der Waals surface area contributed by atoms with Gasteiger partial charge in [0.05, 0.1) is 0 Å². The third-order valence-electron chi connectivity index (χ3n) is 7.41. The van der Waals surface area contributed by atoms with Gasteiger partial charge in [-0.15, -0.1) is 0 Å². The van der Waals surface area contributed by atoms with Gasteiger partial charge in [-0.25, -0.2) is 0 Å². The van der Waals surface area contributed by atoms with Crippen LogP contribution in [0.4, 0.5) is 10.1 Å². The van der Waals surface area contributed by atoms with Crippen molar-refractivity contribution in [2.24, 2.45) is 0 Å². The van der Waals surface area contributed by atoms with Crippen LogP contribution in [0.2, 0.25) is 13.3 Å². The van der Waals surface area contributed by atoms with Crippen LogP contribution in [-0.4, -0.2) is 77.2 Å². The Labute approximate surface area is 247 Å². The van der Waals surface area contributed by atoms with E-state index in [-0.39, 0.29) is 6.61 Å². The average Bonchev–Trinajstić information content (AvgIpc) is 2.98. The molecule has 0 saturated heterocycles. The molecule has 0 spiro atoms. The number of nitrogens with zero attached hydrogens (tertiary/aromatic N) is 2. The molecule has 224 valence electrons. The summed E-state index contributed by atoms with van der Waals surface area (Å²) in [5.41, 5.74) is 3.52. The Morgan fingerprint density at radius 1 is 0.775 bits per heavy atom. The molecule has 1 aromatic heterocycles. The molecule has 5 nitrogen and oxygen atoms in total. The van der Waals surface area contributed by atoms with E-state index in [0.29, 0.717) is 26.4 Å². The fraction of sp³-hybridized carbons (Fsp3) is 0.606. The second-order valence-electron chi connectivity index (χ2n) is 10.8. The minimum atomic E-state index is -2.82. The first-order chi connectivity index (χ1) is 19.5. The monoisotopic (exact) mass is 664 g/mol. The van der Waals surface area contributed by atoms with E-state index in [4.69, 9.17) is 19.2 Å². The van der Waals surface area contributed by atoms with Gasteiger partial charge >= 0.3 is 248 Å². The molecule has 0 bridgehead atoms. The molecule has 40 heavy (non-hydrogen) atoms. The van der Waals surface area contributed by atoms with Crippen LogP contribution < -0.4 is 13.2 Å². The number of unbranched alkanes of at least 4 members (excludes halogenated alkanes) is 3. The van der Waals surface area contributed by atoms with Crippen molar-refractivity contribution in [3.05, 3.63) is 47.7 Å². The van der Waals surface area contributed by atoms with Gasteiger partial charge in [-0.1, -0.05) is 0 Å². The van der Waals surface area contributed by atoms with E-state index >= 15 is 0 Å². The first kappa shape index (κ1) is 34.6. The summed E-state index contributed by atoms with van der Waals surface area (Å²) in [4.78, 5) is 7.04. The zero-order valence-electron chi connectivity index (χ0n) is 25.7. The first-order valence-corrected chi connectivity index (χ1v) is 22.8. The van der Waals surface area contributed by atoms with Gasteiger partial charge in [-0.2, -0.15) is 0 Å². The molecule has 0 aliphatic rings. The molecule has 0 aliphatic carbocycles. The summed E-state index contributed by atoms with van der Waals surface area (Å²) in [5.74, 6) is 0.823. The average molecular weight is 664 g/mol. The Kier molecular flexibility index (Phi) is 17.5. The Bertz CT molecular complexity index is 947. The summed E-state index contributed by atoms with van der Waals surface area (Å²) in [5, 5.41) is 0. The quantitative estimate of drug-likeness (QED) is 0.0953. The zero-order valence-corrected chi connectivity index (χ0v) is 28.6. The summed E-state index contributed by atoms with van der Waals surface area (Å²) >= 11 is -2.82. The van der Waals surface area contributed by atoms with Gasteiger partial charge in [0.15, 0.2) is 0 Å². The molecule has 0 saturated carbocycles. The van der Waals surface area contributed by atoms with Crippen LogP contribution in [0.25, 0.3) is 12.2 Å². The molecule has 0 unspecified atom stereocenters. The zero-order chi connectivity index (χ0) is 29.1. The van der Waals surface area contributed by atoms with E-state index in [0.717, 1.165) is 11.4 Å². The van der Waals surface area contributed by atoms with Crippen molar-refractivity contribution >= 4 is 39.8 Å². The molecular weight excluding hydrogens is 610 g/mol. The normalized spacial score (nSPS) is 11.8. The molecule has 1 aromatic carbocycles. The van der Waals surface area contributed by atoms with Crippen molar-refractivity contribution in [1.82, 2.24) is 4.98 Å². The maximum absolute atomic E-state index is 12.2. The maximum atomic E-state index is 12.2. The van der Waals surface area contributed by atoms with Crippen LogP contribution in [0.1, 0.15) is 70.4 Å². The molecule has 0 amide bonds. The summed E-state index contributed by atoms with van der Waals surface area (Å²) in [6.45, 7) is 8.33. The molecule has 0 radical (unpaired) electrons. The second-order valence-corrected chi connectivity index (χ2v) is 23.9. The Morgan fingerprint density at radius 3 is 1.88 bits per heavy atom. The number of pyridine rings is 1. The van der Waals surface area contributed by atoms with E-state index in [1.54, 1.807) is 0 Å². The molecule has 0 aliphatic heterocycles. The molecule has 1 heterocycles. The number of halogens is 1. The molecule has 0 N–H and O–H groups in total. The Morgan fingerprint density at radius 2 is 1.32 bits per heavy atom. The number of hydrogen-bond acceptors (Lipinski definition) is 5. The molecule has 2 rings (SSSR count). The number of alkyl halides is 1. The Balaban J connectivity index is 2.34. The van der Waals surface area contributed by atoms with Gasteiger partial charge in [-0.05, 0) is 0 Å². The number of rotatable bonds is 22. The molecule has 7 heteroatoms. The van der Waals surface area contributed by atoms with Crippen LogP contribution in [0, 0.1) is 0 Å². The summed E-state index contributed by atoms with van der Waals surface area (Å²) in [7, 11) is 4.12. The summed E-state index contributed by atoms with van der Waals surface area (Å²) in [6, 6.07) is 11.0. The second kappa shape index (κ2) is 20.3. The van der Waals surface area contributed by atoms with E-state index in [1.165, 1.54) is 66.7 Å². The molecule has 0 fully saturated rings. The van der Waals surface area contributed by atoms with Crippen LogP contribution in [0.3, 0.4) is 0 Å². The summed E-state index contributed by atoms with van der Waals surface area (Å²) < 4.78 is 34.9. The number of hydrogen-bond donors (Lipinski definition) is 0. The van der Waals surface area contributed by atoms with Gasteiger partial charge in [0.2, 0.25) is 0 Å². The first-order valence-electron chi connectivity index (χ1n) is 15.3. The standard InChI is InChI=1S/C21H26FN2O3.3C4H9.Sn/c1-24(2)20-8-5-18(6-9-20)3-4-19-7-10-21(23-17-19)27-16-15-26-14-13-25-12-11-22;3*1-3-4-2;/h3-9,17H,11-16H2,1-2H3;3*1,3-4H2,2H3;/b4-3+;;;;. The van der Waals surface area contributed by atoms with Gasteiger partial charge < -0.3 is 0 Å². The van der Waals surface area contributed by atoms with E-state index in [9.17, 15) is 4.39 Å². The number of benzene rings is 1. The van der Waals surface area contributed by atoms with Crippen LogP contribution in [-0.2, 0) is 9.47 Å². The summed E-state index contributed by atoms with van der Waals surface area (Å²) in [6.07, 6.45) is 13.8. The molecule has 0 atom stereocenters. The number of ether oxygens (including phenoxy) is 3. The van der Waals surface area contributed by atoms with Crippen molar-refractivity contribution in [1.29, 1.82) is 0 Å². The topological polar surface area (TPSA) is 43.8 Å². The predicted molar refractivity (Wildman–Crippen MR) is 172 cm³/mol. The third kappa shape index (κ3) is 12.1. The van der Waals surface area contributed by atoms with Gasteiger partial charge in [0.25, 0.3) is 0 Å². The molecular formula is C33H53FN2O3Sn. The van der Waals surface area contributed by atoms with Crippen LogP contribution in [0.5, 0.6) is 5.88 Å².